The Morgan fingerprint density at radius 1 is 2.00 bits per heavy atom. The standard InChI is InChI=1S/C3H5O3/c1-6-3(5)2-4/h2,4H,1H3. The van der Waals surface area contributed by atoms with Crippen LogP contribution in [0.25, 0.3) is 0 Å². The lowest BCUT2D eigenvalue weighted by atomic mass is 10.8. The fourth-order valence-corrected chi connectivity index (χ4v) is 0.0527. The monoisotopic (exact) mass is 89.0 g/mol. The van der Waals surface area contributed by atoms with Gasteiger partial charge < -0.3 is 9.84 Å². The highest BCUT2D eigenvalue weighted by Gasteiger charge is 1.90. The minimum Gasteiger partial charge on any atom is -0.467 e. The van der Waals surface area contributed by atoms with E-state index in [2.05, 4.69) is 4.74 Å². The van der Waals surface area contributed by atoms with Crippen molar-refractivity contribution < 1.29 is 14.6 Å². The van der Waals surface area contributed by atoms with Crippen molar-refractivity contribution in [3.05, 3.63) is 6.61 Å². The van der Waals surface area contributed by atoms with Crippen molar-refractivity contribution in [2.75, 3.05) is 7.11 Å². The predicted octanol–water partition coefficient (Wildman–Crippen LogP) is -0.306. The normalized spacial score (nSPS) is 7.67. The van der Waals surface area contributed by atoms with E-state index in [1.54, 1.807) is 0 Å². The van der Waals surface area contributed by atoms with E-state index in [4.69, 9.17) is 5.11 Å². The van der Waals surface area contributed by atoms with Gasteiger partial charge in [0.2, 0.25) is 0 Å². The van der Waals surface area contributed by atoms with Gasteiger partial charge in [-0.2, -0.15) is 0 Å². The summed E-state index contributed by atoms with van der Waals surface area (Å²) in [5, 5.41) is 7.74. The Balaban J connectivity index is 2.99. The van der Waals surface area contributed by atoms with Crippen LogP contribution in [0.4, 0.5) is 0 Å². The molecule has 0 rings (SSSR count). The molecule has 3 heteroatoms. The number of rotatable bonds is 1. The first kappa shape index (κ1) is 5.43. The highest BCUT2D eigenvalue weighted by molar-refractivity contribution is 5.76. The van der Waals surface area contributed by atoms with Crippen LogP contribution in [0.1, 0.15) is 0 Å². The molecular formula is C3H5O3. The summed E-state index contributed by atoms with van der Waals surface area (Å²) < 4.78 is 3.95. The highest BCUT2D eigenvalue weighted by Crippen LogP contribution is 1.70. The zero-order chi connectivity index (χ0) is 4.99. The Bertz CT molecular complexity index is 44.0. The van der Waals surface area contributed by atoms with E-state index in [0.717, 1.165) is 0 Å². The first-order chi connectivity index (χ1) is 2.81. The second-order valence-corrected chi connectivity index (χ2v) is 0.652. The number of hydrogen-bond donors (Lipinski definition) is 1. The lowest BCUT2D eigenvalue weighted by molar-refractivity contribution is -0.139. The first-order valence-electron chi connectivity index (χ1n) is 1.36. The van der Waals surface area contributed by atoms with Crippen molar-refractivity contribution in [3.8, 4) is 0 Å². The third kappa shape index (κ3) is 1.72. The summed E-state index contributed by atoms with van der Waals surface area (Å²) in [7, 11) is 1.19. The first-order valence-corrected chi connectivity index (χ1v) is 1.36. The molecule has 0 aromatic carbocycles. The molecule has 6 heavy (non-hydrogen) atoms. The third-order valence-corrected chi connectivity index (χ3v) is 0.307. The quantitative estimate of drug-likeness (QED) is 0.448. The van der Waals surface area contributed by atoms with Crippen LogP contribution in [-0.2, 0) is 9.53 Å². The summed E-state index contributed by atoms with van der Waals surface area (Å²) in [6.07, 6.45) is 0. The number of aliphatic hydroxyl groups is 1. The molecule has 3 nitrogen and oxygen atoms in total. The van der Waals surface area contributed by atoms with Crippen LogP contribution in [0.2, 0.25) is 0 Å². The van der Waals surface area contributed by atoms with Gasteiger partial charge in [-0.25, -0.2) is 4.79 Å². The van der Waals surface area contributed by atoms with Crippen molar-refractivity contribution in [3.63, 3.8) is 0 Å². The Morgan fingerprint density at radius 2 is 2.50 bits per heavy atom. The van der Waals surface area contributed by atoms with Crippen molar-refractivity contribution in [1.82, 2.24) is 0 Å². The lowest BCUT2D eigenvalue weighted by Crippen LogP contribution is -1.98. The fourth-order valence-electron chi connectivity index (χ4n) is 0.0527. The Hall–Kier alpha value is -0.570. The van der Waals surface area contributed by atoms with Crippen molar-refractivity contribution in [2.45, 2.75) is 0 Å². The average molecular weight is 89.1 g/mol. The second-order valence-electron chi connectivity index (χ2n) is 0.652. The van der Waals surface area contributed by atoms with Crippen LogP contribution in [-0.4, -0.2) is 18.2 Å². The molecular weight excluding hydrogens is 84.0 g/mol. The van der Waals surface area contributed by atoms with Gasteiger partial charge in [0.25, 0.3) is 0 Å². The lowest BCUT2D eigenvalue weighted by Gasteiger charge is -1.85. The van der Waals surface area contributed by atoms with Gasteiger partial charge in [-0.05, 0) is 0 Å². The van der Waals surface area contributed by atoms with E-state index in [9.17, 15) is 4.79 Å². The van der Waals surface area contributed by atoms with Crippen LogP contribution in [0, 0.1) is 6.61 Å². The molecule has 0 aromatic rings. The summed E-state index contributed by atoms with van der Waals surface area (Å²) in [5.74, 6) is -0.727. The summed E-state index contributed by atoms with van der Waals surface area (Å²) in [5.41, 5.74) is 0. The van der Waals surface area contributed by atoms with Crippen LogP contribution in [0.5, 0.6) is 0 Å². The molecule has 0 unspecified atom stereocenters. The summed E-state index contributed by atoms with van der Waals surface area (Å²) in [4.78, 5) is 9.65. The number of methoxy groups -OCH3 is 1. The van der Waals surface area contributed by atoms with Gasteiger partial charge in [0.05, 0.1) is 7.11 Å². The number of hydrogen-bond acceptors (Lipinski definition) is 3. The van der Waals surface area contributed by atoms with Crippen LogP contribution in [0.15, 0.2) is 0 Å². The maximum Gasteiger partial charge on any atom is 0.338 e. The van der Waals surface area contributed by atoms with Gasteiger partial charge in [0.15, 0.2) is 6.61 Å². The zero-order valence-corrected chi connectivity index (χ0v) is 3.34. The number of aliphatic hydroxyl groups excluding tert-OH is 1. The van der Waals surface area contributed by atoms with Gasteiger partial charge >= 0.3 is 5.97 Å². The Kier molecular flexibility index (Phi) is 2.40. The van der Waals surface area contributed by atoms with Crippen LogP contribution < -0.4 is 0 Å². The van der Waals surface area contributed by atoms with E-state index in [1.807, 2.05) is 0 Å². The number of carbonyl (C=O) groups is 1. The molecule has 35 valence electrons. The highest BCUT2D eigenvalue weighted by atomic mass is 16.5. The molecule has 0 heterocycles. The Labute approximate surface area is 35.5 Å². The maximum absolute atomic E-state index is 9.65. The molecule has 0 atom stereocenters. The molecule has 0 aliphatic carbocycles. The summed E-state index contributed by atoms with van der Waals surface area (Å²) in [6.45, 7) is 0.361. The van der Waals surface area contributed by atoms with E-state index < -0.39 is 5.97 Å². The van der Waals surface area contributed by atoms with Gasteiger partial charge in [-0.1, -0.05) is 0 Å². The van der Waals surface area contributed by atoms with E-state index in [-0.39, 0.29) is 0 Å². The predicted molar refractivity (Wildman–Crippen MR) is 18.3 cm³/mol. The van der Waals surface area contributed by atoms with Crippen LogP contribution >= 0.6 is 0 Å². The molecule has 1 radical (unpaired) electrons. The summed E-state index contributed by atoms with van der Waals surface area (Å²) in [6, 6.07) is 0. The fraction of sp³-hybridized carbons (Fsp3) is 0.333. The zero-order valence-electron chi connectivity index (χ0n) is 3.34. The van der Waals surface area contributed by atoms with E-state index in [1.165, 1.54) is 7.11 Å². The Morgan fingerprint density at radius 3 is 2.50 bits per heavy atom. The van der Waals surface area contributed by atoms with Gasteiger partial charge in [0.1, 0.15) is 0 Å². The molecule has 0 saturated carbocycles. The SMILES string of the molecule is COC(=O)[CH]O. The van der Waals surface area contributed by atoms with Crippen molar-refractivity contribution in [1.29, 1.82) is 0 Å². The molecule has 0 saturated heterocycles. The molecule has 0 spiro atoms. The number of ether oxygens (including phenoxy) is 1. The molecule has 0 bridgehead atoms. The smallest absolute Gasteiger partial charge is 0.338 e. The van der Waals surface area contributed by atoms with E-state index in [0.29, 0.717) is 6.61 Å². The number of esters is 1. The minimum absolute atomic E-state index is 0.361. The molecule has 0 aromatic heterocycles. The molecule has 0 fully saturated rings. The van der Waals surface area contributed by atoms with Crippen molar-refractivity contribution in [2.24, 2.45) is 0 Å². The summed E-state index contributed by atoms with van der Waals surface area (Å²) >= 11 is 0. The van der Waals surface area contributed by atoms with Gasteiger partial charge in [-0.3, -0.25) is 0 Å². The topological polar surface area (TPSA) is 46.5 Å². The van der Waals surface area contributed by atoms with E-state index >= 15 is 0 Å². The molecule has 0 amide bonds. The maximum atomic E-state index is 9.65. The minimum atomic E-state index is -0.727. The van der Waals surface area contributed by atoms with Gasteiger partial charge in [0, 0.05) is 0 Å². The molecule has 0 aliphatic rings. The second kappa shape index (κ2) is 2.66. The third-order valence-electron chi connectivity index (χ3n) is 0.307. The van der Waals surface area contributed by atoms with Gasteiger partial charge in [-0.15, -0.1) is 0 Å². The van der Waals surface area contributed by atoms with Crippen LogP contribution in [0.3, 0.4) is 0 Å². The molecule has 0 aliphatic heterocycles. The average Bonchev–Trinajstić information content (AvgIpc) is 1.65. The largest absolute Gasteiger partial charge is 0.467 e. The number of carbonyl (C=O) groups excluding carboxylic acids is 1. The van der Waals surface area contributed by atoms with Crippen molar-refractivity contribution >= 4 is 5.97 Å². The molecule has 1 N–H and O–H groups in total.